The van der Waals surface area contributed by atoms with Gasteiger partial charge in [-0.25, -0.2) is 13.5 Å². The maximum atomic E-state index is 14.2. The van der Waals surface area contributed by atoms with Crippen LogP contribution in [0.15, 0.2) is 29.3 Å². The number of hydrogen-bond donors (Lipinski definition) is 0. The Labute approximate surface area is 157 Å². The number of nitrogens with zero attached hydrogens (tertiary/aromatic N) is 4. The van der Waals surface area contributed by atoms with Crippen molar-refractivity contribution in [2.75, 3.05) is 18.8 Å². The molecule has 6 heteroatoms. The Morgan fingerprint density at radius 3 is 2.88 bits per heavy atom. The highest BCUT2D eigenvalue weighted by Crippen LogP contribution is 2.31. The van der Waals surface area contributed by atoms with Crippen LogP contribution < -0.4 is 4.57 Å². The summed E-state index contributed by atoms with van der Waals surface area (Å²) in [4.78, 5) is 2.40. The third kappa shape index (κ3) is 2.62. The van der Waals surface area contributed by atoms with Gasteiger partial charge in [-0.15, -0.1) is 11.8 Å². The second kappa shape index (κ2) is 6.81. The van der Waals surface area contributed by atoms with Crippen LogP contribution in [0.3, 0.4) is 0 Å². The molecule has 3 heterocycles. The van der Waals surface area contributed by atoms with Gasteiger partial charge in [0.1, 0.15) is 11.9 Å². The van der Waals surface area contributed by atoms with Gasteiger partial charge in [-0.1, -0.05) is 0 Å². The molecule has 0 N–H and O–H groups in total. The van der Waals surface area contributed by atoms with E-state index in [-0.39, 0.29) is 5.56 Å². The van der Waals surface area contributed by atoms with Crippen molar-refractivity contribution in [1.29, 1.82) is 5.26 Å². The summed E-state index contributed by atoms with van der Waals surface area (Å²) < 4.78 is 18.5. The number of thioether (sulfide) groups is 1. The van der Waals surface area contributed by atoms with Crippen LogP contribution in [0, 0.1) is 17.1 Å². The first-order valence-corrected chi connectivity index (χ1v) is 10.1. The van der Waals surface area contributed by atoms with Crippen LogP contribution in [0.4, 0.5) is 4.39 Å². The third-order valence-corrected chi connectivity index (χ3v) is 6.29. The van der Waals surface area contributed by atoms with E-state index in [0.717, 1.165) is 55.2 Å². The van der Waals surface area contributed by atoms with E-state index in [0.29, 0.717) is 0 Å². The molecule has 26 heavy (non-hydrogen) atoms. The number of fused-ring (bicyclic) bond motifs is 3. The number of aryl methyl sites for hydroxylation is 2. The zero-order valence-corrected chi connectivity index (χ0v) is 15.9. The topological polar surface area (TPSA) is 35.8 Å². The van der Waals surface area contributed by atoms with Crippen molar-refractivity contribution in [1.82, 2.24) is 9.47 Å². The molecule has 0 aliphatic carbocycles. The Morgan fingerprint density at radius 1 is 1.31 bits per heavy atom. The van der Waals surface area contributed by atoms with Crippen LogP contribution >= 0.6 is 11.8 Å². The number of nitriles is 1. The number of rotatable bonds is 3. The van der Waals surface area contributed by atoms with E-state index in [1.54, 1.807) is 6.07 Å². The average molecular weight is 369 g/mol. The highest BCUT2D eigenvalue weighted by molar-refractivity contribution is 8.03. The lowest BCUT2D eigenvalue weighted by Crippen LogP contribution is -2.31. The Bertz CT molecular complexity index is 980. The Hall–Kier alpha value is -2.26. The molecule has 0 atom stereocenters. The molecular weight excluding hydrogens is 347 g/mol. The number of benzene rings is 1. The maximum Gasteiger partial charge on any atom is 0.285 e. The monoisotopic (exact) mass is 369 g/mol. The van der Waals surface area contributed by atoms with Crippen LogP contribution in [0.25, 0.3) is 16.6 Å². The predicted molar refractivity (Wildman–Crippen MR) is 103 cm³/mol. The summed E-state index contributed by atoms with van der Waals surface area (Å²) in [5, 5.41) is 10.5. The van der Waals surface area contributed by atoms with Gasteiger partial charge in [-0.3, -0.25) is 0 Å². The van der Waals surface area contributed by atoms with E-state index >= 15 is 0 Å². The van der Waals surface area contributed by atoms with E-state index in [1.165, 1.54) is 16.7 Å². The summed E-state index contributed by atoms with van der Waals surface area (Å²) in [5.41, 5.74) is 3.20. The predicted octanol–water partition coefficient (Wildman–Crippen LogP) is 3.66. The minimum Gasteiger partial charge on any atom is -0.366 e. The van der Waals surface area contributed by atoms with Gasteiger partial charge in [0.25, 0.3) is 5.82 Å². The Kier molecular flexibility index (Phi) is 4.49. The van der Waals surface area contributed by atoms with Crippen LogP contribution in [0.1, 0.15) is 31.7 Å². The lowest BCUT2D eigenvalue weighted by molar-refractivity contribution is -0.664. The zero-order valence-electron chi connectivity index (χ0n) is 15.1. The standard InChI is InChI=1S/C20H22FN4S/c1-3-23-9-10-26-19(23)6-5-14-7-8-25-17-11-15(13-22)16(21)12-18(17)24(4-2)20(14)25/h5-6,11-12H,3-4,7-10H2,1-2H3/q+1. The van der Waals surface area contributed by atoms with Gasteiger partial charge in [0.05, 0.1) is 23.7 Å². The van der Waals surface area contributed by atoms with E-state index in [1.807, 2.05) is 17.8 Å². The highest BCUT2D eigenvalue weighted by atomic mass is 32.2. The molecule has 0 amide bonds. The van der Waals surface area contributed by atoms with Gasteiger partial charge in [-0.2, -0.15) is 5.26 Å². The Balaban J connectivity index is 1.83. The fourth-order valence-corrected chi connectivity index (χ4v) is 5.03. The fourth-order valence-electron chi connectivity index (χ4n) is 3.94. The summed E-state index contributed by atoms with van der Waals surface area (Å²) in [6, 6.07) is 5.15. The first kappa shape index (κ1) is 17.2. The quantitative estimate of drug-likeness (QED) is 0.775. The van der Waals surface area contributed by atoms with E-state index in [2.05, 4.69) is 40.0 Å². The molecule has 2 aliphatic rings. The van der Waals surface area contributed by atoms with Gasteiger partial charge in [-0.05, 0) is 26.0 Å². The average Bonchev–Trinajstić information content (AvgIpc) is 3.33. The van der Waals surface area contributed by atoms with Crippen molar-refractivity contribution in [3.05, 3.63) is 46.5 Å². The second-order valence-electron chi connectivity index (χ2n) is 6.53. The molecule has 4 nitrogen and oxygen atoms in total. The molecule has 1 aromatic heterocycles. The van der Waals surface area contributed by atoms with Crippen molar-refractivity contribution in [3.8, 4) is 6.07 Å². The van der Waals surface area contributed by atoms with Crippen molar-refractivity contribution in [2.45, 2.75) is 33.4 Å². The number of halogens is 1. The summed E-state index contributed by atoms with van der Waals surface area (Å²) in [6.45, 7) is 8.06. The minimum absolute atomic E-state index is 0.113. The Morgan fingerprint density at radius 2 is 2.15 bits per heavy atom. The lowest BCUT2D eigenvalue weighted by atomic mass is 10.2. The SMILES string of the molecule is CCN1CCSC1=CC=C1CC[n+]2c1n(CC)c1cc(F)c(C#N)cc12. The van der Waals surface area contributed by atoms with Crippen molar-refractivity contribution in [2.24, 2.45) is 0 Å². The molecule has 0 spiro atoms. The van der Waals surface area contributed by atoms with Crippen LogP contribution in [-0.4, -0.2) is 28.3 Å². The van der Waals surface area contributed by atoms with Gasteiger partial charge in [0.15, 0.2) is 11.0 Å². The summed E-state index contributed by atoms with van der Waals surface area (Å²) in [6.07, 6.45) is 5.41. The summed E-state index contributed by atoms with van der Waals surface area (Å²) >= 11 is 1.90. The number of hydrogen-bond acceptors (Lipinski definition) is 3. The van der Waals surface area contributed by atoms with Crippen LogP contribution in [0.5, 0.6) is 0 Å². The number of imidazole rings is 1. The lowest BCUT2D eigenvalue weighted by Gasteiger charge is -2.15. The molecule has 2 aliphatic heterocycles. The van der Waals surface area contributed by atoms with E-state index < -0.39 is 5.82 Å². The molecule has 0 unspecified atom stereocenters. The molecule has 1 aromatic carbocycles. The molecule has 134 valence electrons. The summed E-state index contributed by atoms with van der Waals surface area (Å²) in [7, 11) is 0. The molecule has 0 radical (unpaired) electrons. The minimum atomic E-state index is -0.444. The fraction of sp³-hybridized carbons (Fsp3) is 0.400. The first-order valence-electron chi connectivity index (χ1n) is 9.12. The number of aromatic nitrogens is 2. The third-order valence-electron chi connectivity index (χ3n) is 5.22. The van der Waals surface area contributed by atoms with Gasteiger partial charge >= 0.3 is 0 Å². The molecule has 1 saturated heterocycles. The van der Waals surface area contributed by atoms with Crippen LogP contribution in [0.2, 0.25) is 0 Å². The largest absolute Gasteiger partial charge is 0.366 e. The molecule has 0 saturated carbocycles. The van der Waals surface area contributed by atoms with E-state index in [4.69, 9.17) is 5.26 Å². The van der Waals surface area contributed by atoms with Gasteiger partial charge in [0, 0.05) is 43.0 Å². The van der Waals surface area contributed by atoms with Crippen LogP contribution in [-0.2, 0) is 13.1 Å². The molecule has 1 fully saturated rings. The van der Waals surface area contributed by atoms with Gasteiger partial charge in [0.2, 0.25) is 0 Å². The van der Waals surface area contributed by atoms with E-state index in [9.17, 15) is 4.39 Å². The second-order valence-corrected chi connectivity index (χ2v) is 7.64. The molecule has 0 bridgehead atoms. The molecule has 4 rings (SSSR count). The molecule has 2 aromatic rings. The highest BCUT2D eigenvalue weighted by Gasteiger charge is 2.33. The zero-order chi connectivity index (χ0) is 18.3. The number of allylic oxidation sites excluding steroid dienone is 3. The molecular formula is C20H22FN4S+. The van der Waals surface area contributed by atoms with Crippen molar-refractivity contribution in [3.63, 3.8) is 0 Å². The smallest absolute Gasteiger partial charge is 0.285 e. The normalized spacial score (nSPS) is 19.7. The maximum absolute atomic E-state index is 14.2. The summed E-state index contributed by atoms with van der Waals surface area (Å²) in [5.74, 6) is 1.84. The van der Waals surface area contributed by atoms with Gasteiger partial charge < -0.3 is 4.90 Å². The van der Waals surface area contributed by atoms with Crippen molar-refractivity contribution < 1.29 is 8.96 Å². The van der Waals surface area contributed by atoms with Crippen molar-refractivity contribution >= 4 is 28.4 Å². The first-order chi connectivity index (χ1) is 12.7.